The predicted octanol–water partition coefficient (Wildman–Crippen LogP) is -2.29. The van der Waals surface area contributed by atoms with Crippen LogP contribution in [0.4, 0.5) is 0 Å². The van der Waals surface area contributed by atoms with E-state index in [2.05, 4.69) is 5.92 Å². The van der Waals surface area contributed by atoms with Crippen molar-refractivity contribution in [2.24, 2.45) is 0 Å². The van der Waals surface area contributed by atoms with Gasteiger partial charge in [-0.1, -0.05) is 0 Å². The molecule has 0 amide bonds. The van der Waals surface area contributed by atoms with Gasteiger partial charge in [0.15, 0.2) is 0 Å². The zero-order valence-electron chi connectivity index (χ0n) is 8.91. The molecule has 0 bridgehead atoms. The molecule has 0 aliphatic rings. The maximum atomic E-state index is 8.88. The van der Waals surface area contributed by atoms with Crippen LogP contribution in [0.1, 0.15) is 5.56 Å². The van der Waals surface area contributed by atoms with E-state index in [1.807, 2.05) is 0 Å². The third-order valence-corrected chi connectivity index (χ3v) is 1.23. The summed E-state index contributed by atoms with van der Waals surface area (Å²) in [4.78, 5) is 21.6. The summed E-state index contributed by atoms with van der Waals surface area (Å²) in [6.07, 6.45) is 6.78. The van der Waals surface area contributed by atoms with Gasteiger partial charge in [0.1, 0.15) is 5.75 Å². The molecule has 0 aromatic heterocycles. The minimum Gasteiger partial charge on any atom is -0.497 e. The normalized spacial score (nSPS) is 8.94. The Morgan fingerprint density at radius 3 is 1.88 bits per heavy atom. The van der Waals surface area contributed by atoms with Gasteiger partial charge < -0.3 is 25.8 Å². The zero-order valence-corrected chi connectivity index (χ0v) is 11.8. The number of rotatable bonds is 1. The van der Waals surface area contributed by atoms with Crippen LogP contribution in [-0.2, 0) is 4.57 Å². The summed E-state index contributed by atoms with van der Waals surface area (Å²) in [6, 6.07) is 7.17. The van der Waals surface area contributed by atoms with Gasteiger partial charge in [0.25, 0.3) is 0 Å². The number of benzene rings is 1. The number of hydrogen-bond acceptors (Lipinski definition) is 2. The maximum absolute atomic E-state index is 8.88. The summed E-state index contributed by atoms with van der Waals surface area (Å²) >= 11 is 0. The van der Waals surface area contributed by atoms with Crippen LogP contribution in [0.2, 0.25) is 0 Å². The molecule has 1 rings (SSSR count). The fraction of sp³-hybridized carbons (Fsp3) is 0.111. The van der Waals surface area contributed by atoms with Gasteiger partial charge in [-0.05, 0) is 12.1 Å². The molecule has 16 heavy (non-hydrogen) atoms. The first-order valence-electron chi connectivity index (χ1n) is 3.72. The summed E-state index contributed by atoms with van der Waals surface area (Å²) in [5, 5.41) is 0. The molecule has 82 valence electrons. The van der Waals surface area contributed by atoms with E-state index >= 15 is 0 Å². The number of methoxy groups -OCH3 is 1. The minimum absolute atomic E-state index is 0. The van der Waals surface area contributed by atoms with E-state index in [1.54, 1.807) is 31.4 Å². The first-order chi connectivity index (χ1) is 6.86. The fourth-order valence-electron chi connectivity index (χ4n) is 0.674. The van der Waals surface area contributed by atoms with Gasteiger partial charge in [-0.15, -0.1) is 17.7 Å². The Morgan fingerprint density at radius 2 is 1.62 bits per heavy atom. The third kappa shape index (κ3) is 11.8. The van der Waals surface area contributed by atoms with Crippen LogP contribution in [0.15, 0.2) is 24.3 Å². The third-order valence-electron chi connectivity index (χ3n) is 1.23. The molecule has 7 heteroatoms. The van der Waals surface area contributed by atoms with Gasteiger partial charge in [-0.25, -0.2) is 4.57 Å². The molecular weight excluding hydrogens is 242 g/mol. The smallest absolute Gasteiger partial charge is 0.497 e. The first kappa shape index (κ1) is 18.1. The largest absolute Gasteiger partial charge is 1.00 e. The SMILES string of the molecule is O=P(O)(O)O.[C-]#Cc1ccc(OC)cc1.[Na+]. The van der Waals surface area contributed by atoms with E-state index in [4.69, 9.17) is 30.4 Å². The van der Waals surface area contributed by atoms with Gasteiger partial charge >= 0.3 is 37.4 Å². The fourth-order valence-corrected chi connectivity index (χ4v) is 0.674. The molecule has 0 fully saturated rings. The Kier molecular flexibility index (Phi) is 9.93. The van der Waals surface area contributed by atoms with Crippen LogP contribution < -0.4 is 34.3 Å². The maximum Gasteiger partial charge on any atom is 1.00 e. The van der Waals surface area contributed by atoms with Crippen LogP contribution in [0.3, 0.4) is 0 Å². The van der Waals surface area contributed by atoms with Crippen LogP contribution in [-0.4, -0.2) is 21.8 Å². The Morgan fingerprint density at radius 1 is 1.25 bits per heavy atom. The summed E-state index contributed by atoms with van der Waals surface area (Å²) < 4.78 is 13.8. The van der Waals surface area contributed by atoms with E-state index in [-0.39, 0.29) is 29.6 Å². The Hall–Kier alpha value is -0.310. The van der Waals surface area contributed by atoms with E-state index in [1.165, 1.54) is 0 Å². The molecule has 0 saturated heterocycles. The predicted molar refractivity (Wildman–Crippen MR) is 53.5 cm³/mol. The minimum atomic E-state index is -4.64. The molecule has 0 unspecified atom stereocenters. The molecule has 5 nitrogen and oxygen atoms in total. The van der Waals surface area contributed by atoms with Crippen molar-refractivity contribution in [3.05, 3.63) is 36.3 Å². The molecule has 1 aromatic carbocycles. The van der Waals surface area contributed by atoms with Crippen molar-refractivity contribution < 1.29 is 53.5 Å². The van der Waals surface area contributed by atoms with Gasteiger partial charge in [-0.3, -0.25) is 5.92 Å². The average Bonchev–Trinajstić information content (AvgIpc) is 2.15. The Balaban J connectivity index is 0. The number of phosphoric acid groups is 1. The van der Waals surface area contributed by atoms with Crippen molar-refractivity contribution in [1.82, 2.24) is 0 Å². The first-order valence-corrected chi connectivity index (χ1v) is 5.28. The number of ether oxygens (including phenoxy) is 1. The van der Waals surface area contributed by atoms with E-state index in [0.29, 0.717) is 0 Å². The van der Waals surface area contributed by atoms with Crippen molar-refractivity contribution in [3.8, 4) is 11.7 Å². The van der Waals surface area contributed by atoms with Gasteiger partial charge in [0, 0.05) is 0 Å². The Bertz CT molecular complexity index is 370. The molecule has 0 heterocycles. The van der Waals surface area contributed by atoms with Crippen molar-refractivity contribution in [2.75, 3.05) is 7.11 Å². The summed E-state index contributed by atoms with van der Waals surface area (Å²) in [6.45, 7) is 0. The van der Waals surface area contributed by atoms with Gasteiger partial charge in [-0.2, -0.15) is 0 Å². The van der Waals surface area contributed by atoms with Crippen molar-refractivity contribution in [2.45, 2.75) is 0 Å². The van der Waals surface area contributed by atoms with E-state index in [0.717, 1.165) is 11.3 Å². The molecule has 0 spiro atoms. The second kappa shape index (κ2) is 8.80. The second-order valence-electron chi connectivity index (χ2n) is 2.37. The molecule has 0 aliphatic carbocycles. The van der Waals surface area contributed by atoms with Crippen molar-refractivity contribution >= 4 is 7.82 Å². The van der Waals surface area contributed by atoms with Crippen LogP contribution in [0, 0.1) is 12.3 Å². The zero-order chi connectivity index (χ0) is 11.9. The standard InChI is InChI=1S/C9H7O.Na.H3O4P/c1-3-8-4-6-9(10-2)7-5-8;;1-5(2,3)4/h4-7H,2H3;;(H3,1,2,3,4)/q-1;+1;. The summed E-state index contributed by atoms with van der Waals surface area (Å²) in [5.41, 5.74) is 0.765. The van der Waals surface area contributed by atoms with E-state index < -0.39 is 7.82 Å². The number of hydrogen-bond donors (Lipinski definition) is 3. The second-order valence-corrected chi connectivity index (χ2v) is 3.39. The Labute approximate surface area is 116 Å². The van der Waals surface area contributed by atoms with Crippen LogP contribution in [0.5, 0.6) is 5.75 Å². The van der Waals surface area contributed by atoms with Crippen LogP contribution in [0.25, 0.3) is 0 Å². The molecule has 0 saturated carbocycles. The van der Waals surface area contributed by atoms with Crippen molar-refractivity contribution in [1.29, 1.82) is 0 Å². The molecule has 3 N–H and O–H groups in total. The quantitative estimate of drug-likeness (QED) is 0.227. The van der Waals surface area contributed by atoms with Crippen molar-refractivity contribution in [3.63, 3.8) is 0 Å². The topological polar surface area (TPSA) is 87.0 Å². The van der Waals surface area contributed by atoms with E-state index in [9.17, 15) is 0 Å². The summed E-state index contributed by atoms with van der Waals surface area (Å²) in [5.74, 6) is 3.08. The molecule has 0 aliphatic heterocycles. The molecule has 1 aromatic rings. The van der Waals surface area contributed by atoms with Crippen LogP contribution >= 0.6 is 7.82 Å². The molecular formula is C9H10NaO5P. The monoisotopic (exact) mass is 252 g/mol. The van der Waals surface area contributed by atoms with Gasteiger partial charge in [0.2, 0.25) is 0 Å². The van der Waals surface area contributed by atoms with Gasteiger partial charge in [0.05, 0.1) is 7.11 Å². The molecule has 0 atom stereocenters. The average molecular weight is 252 g/mol. The summed E-state index contributed by atoms with van der Waals surface area (Å²) in [7, 11) is -3.02. The molecule has 0 radical (unpaired) electrons.